The maximum absolute atomic E-state index is 14.2. The number of carbonyl (C=O) groups is 2. The topological polar surface area (TPSA) is 113 Å². The van der Waals surface area contributed by atoms with E-state index in [2.05, 4.69) is 44.8 Å². The van der Waals surface area contributed by atoms with E-state index in [-0.39, 0.29) is 24.2 Å². The Balaban J connectivity index is 1.47. The van der Waals surface area contributed by atoms with Crippen molar-refractivity contribution < 1.29 is 42.8 Å². The third-order valence-corrected chi connectivity index (χ3v) is 15.4. The van der Waals surface area contributed by atoms with E-state index >= 15 is 0 Å². The second kappa shape index (κ2) is 11.9. The van der Waals surface area contributed by atoms with E-state index in [0.29, 0.717) is 23.7 Å². The lowest BCUT2D eigenvalue weighted by molar-refractivity contribution is -0.179. The van der Waals surface area contributed by atoms with Crippen molar-refractivity contribution in [3.8, 4) is 11.5 Å². The Morgan fingerprint density at radius 2 is 1.76 bits per heavy atom. The number of rotatable bonds is 10. The predicted molar refractivity (Wildman–Crippen MR) is 171 cm³/mol. The molecule has 4 aliphatic rings. The van der Waals surface area contributed by atoms with Gasteiger partial charge >= 0.3 is 11.9 Å². The van der Waals surface area contributed by atoms with Crippen LogP contribution in [-0.4, -0.2) is 87.2 Å². The van der Waals surface area contributed by atoms with E-state index < -0.39 is 49.5 Å². The van der Waals surface area contributed by atoms with Gasteiger partial charge in [0.05, 0.1) is 37.7 Å². The monoisotopic (exact) mass is 645 g/mol. The third-order valence-electron chi connectivity index (χ3n) is 10.7. The normalized spacial score (nSPS) is 25.8. The minimum absolute atomic E-state index is 0.0206. The molecule has 4 atom stereocenters. The number of hydrogen-bond acceptors (Lipinski definition) is 10. The zero-order valence-electron chi connectivity index (χ0n) is 28.4. The van der Waals surface area contributed by atoms with Crippen molar-refractivity contribution in [3.63, 3.8) is 0 Å². The smallest absolute Gasteiger partial charge is 0.339 e. The first kappa shape index (κ1) is 33.8. The average Bonchev–Trinajstić information content (AvgIpc) is 3.64. The Hall–Kier alpha value is -2.60. The molecule has 1 aromatic rings. The summed E-state index contributed by atoms with van der Waals surface area (Å²) in [7, 11) is 0.659. The molecule has 1 aromatic carbocycles. The van der Waals surface area contributed by atoms with Gasteiger partial charge in [0.2, 0.25) is 6.79 Å². The molecule has 0 aromatic heterocycles. The van der Waals surface area contributed by atoms with Crippen molar-refractivity contribution in [1.29, 1.82) is 0 Å². The van der Waals surface area contributed by atoms with Gasteiger partial charge in [-0.2, -0.15) is 0 Å². The Morgan fingerprint density at radius 1 is 1.07 bits per heavy atom. The van der Waals surface area contributed by atoms with Crippen molar-refractivity contribution >= 4 is 20.3 Å². The second-order valence-corrected chi connectivity index (χ2v) is 19.9. The molecule has 10 nitrogen and oxygen atoms in total. The first-order valence-electron chi connectivity index (χ1n) is 16.1. The first-order valence-corrected chi connectivity index (χ1v) is 19.0. The van der Waals surface area contributed by atoms with Crippen LogP contribution < -0.4 is 9.47 Å². The molecule has 3 heterocycles. The van der Waals surface area contributed by atoms with Crippen molar-refractivity contribution in [2.24, 2.45) is 0 Å². The van der Waals surface area contributed by atoms with E-state index in [4.69, 9.17) is 28.1 Å². The molecule has 1 N–H and O–H groups in total. The van der Waals surface area contributed by atoms with Crippen LogP contribution in [0.5, 0.6) is 11.5 Å². The number of esters is 2. The van der Waals surface area contributed by atoms with Crippen molar-refractivity contribution in [1.82, 2.24) is 4.90 Å². The highest BCUT2D eigenvalue weighted by molar-refractivity contribution is 6.74. The summed E-state index contributed by atoms with van der Waals surface area (Å²) in [5, 5.41) is 11.9. The number of carbonyl (C=O) groups excluding carboxylic acids is 2. The highest BCUT2D eigenvalue weighted by Crippen LogP contribution is 2.56. The summed E-state index contributed by atoms with van der Waals surface area (Å²) < 4.78 is 35.3. The molecule has 3 aliphatic heterocycles. The zero-order chi connectivity index (χ0) is 33.0. The number of hydrogen-bond donors (Lipinski definition) is 1. The van der Waals surface area contributed by atoms with Crippen LogP contribution in [0.2, 0.25) is 18.1 Å². The van der Waals surface area contributed by atoms with Crippen LogP contribution >= 0.6 is 0 Å². The Morgan fingerprint density at radius 3 is 2.40 bits per heavy atom. The summed E-state index contributed by atoms with van der Waals surface area (Å²) in [4.78, 5) is 29.2. The number of aliphatic hydroxyl groups is 1. The van der Waals surface area contributed by atoms with Crippen LogP contribution in [0.4, 0.5) is 0 Å². The van der Waals surface area contributed by atoms with E-state index in [1.807, 2.05) is 26.0 Å². The minimum atomic E-state index is -2.16. The molecule has 2 unspecified atom stereocenters. The molecule has 1 aliphatic carbocycles. The van der Waals surface area contributed by atoms with Gasteiger partial charge in [0.15, 0.2) is 31.5 Å². The summed E-state index contributed by atoms with van der Waals surface area (Å²) >= 11 is 0. The number of nitrogens with zero attached hydrogens (tertiary/aromatic N) is 1. The van der Waals surface area contributed by atoms with Crippen LogP contribution in [-0.2, 0) is 34.6 Å². The average molecular weight is 646 g/mol. The Kier molecular flexibility index (Phi) is 8.91. The lowest BCUT2D eigenvalue weighted by Crippen LogP contribution is -2.51. The molecule has 1 spiro atoms. The Bertz CT molecular complexity index is 1350. The van der Waals surface area contributed by atoms with Gasteiger partial charge in [-0.15, -0.1) is 0 Å². The fourth-order valence-electron chi connectivity index (χ4n) is 7.30. The molecule has 11 heteroatoms. The van der Waals surface area contributed by atoms with Gasteiger partial charge in [-0.25, -0.2) is 4.79 Å². The van der Waals surface area contributed by atoms with Gasteiger partial charge < -0.3 is 33.2 Å². The van der Waals surface area contributed by atoms with Gasteiger partial charge in [-0.3, -0.25) is 9.69 Å². The quantitative estimate of drug-likeness (QED) is 0.269. The fourth-order valence-corrected chi connectivity index (χ4v) is 9.09. The van der Waals surface area contributed by atoms with E-state index in [1.165, 1.54) is 7.11 Å². The van der Waals surface area contributed by atoms with Gasteiger partial charge in [0, 0.05) is 6.54 Å². The van der Waals surface area contributed by atoms with E-state index in [0.717, 1.165) is 43.5 Å². The molecule has 0 amide bonds. The molecular formula is C34H51NO9Si. The van der Waals surface area contributed by atoms with E-state index in [9.17, 15) is 14.7 Å². The second-order valence-electron chi connectivity index (χ2n) is 15.2. The summed E-state index contributed by atoms with van der Waals surface area (Å²) in [6.07, 6.45) is 3.73. The van der Waals surface area contributed by atoms with Gasteiger partial charge in [-0.05, 0) is 100.0 Å². The predicted octanol–water partition coefficient (Wildman–Crippen LogP) is 5.22. The molecule has 0 bridgehead atoms. The molecule has 0 radical (unpaired) electrons. The molecule has 250 valence electrons. The third kappa shape index (κ3) is 6.25. The standard InChI is InChI=1S/C34H51NO9Si/c1-31(2,3)45(8,9)44-32(4,5)13-14-34(38,20-27(36)40-7)30(37)43-29-26(39-6)19-33-12-10-15-35(33)16-11-22-17-24-25(42-21-41-24)18-23(22)28(29)33/h17-19,28-29,38H,10-16,20-21H2,1-9H3/t28?,29?,33-,34+/m0/s1. The minimum Gasteiger partial charge on any atom is -0.497 e. The molecule has 1 saturated heterocycles. The SMILES string of the molecule is COC(=O)C[C@](O)(CCC(C)(C)O[Si](C)(C)C(C)(C)C)C(=O)OC1C(OC)=C[C@]23CCCN2CCc2cc4c(cc2C13)OCO4. The van der Waals surface area contributed by atoms with Crippen LogP contribution in [0.3, 0.4) is 0 Å². The summed E-state index contributed by atoms with van der Waals surface area (Å²) in [5.74, 6) is 0.0396. The number of fused-ring (bicyclic) bond motifs is 3. The van der Waals surface area contributed by atoms with Crippen molar-refractivity contribution in [3.05, 3.63) is 35.1 Å². The highest BCUT2D eigenvalue weighted by atomic mass is 28.4. The fraction of sp³-hybridized carbons (Fsp3) is 0.706. The van der Waals surface area contributed by atoms with Gasteiger partial charge in [0.25, 0.3) is 0 Å². The molecule has 5 rings (SSSR count). The van der Waals surface area contributed by atoms with Gasteiger partial charge in [-0.1, -0.05) is 20.8 Å². The van der Waals surface area contributed by atoms with Crippen LogP contribution in [0, 0.1) is 0 Å². The zero-order valence-corrected chi connectivity index (χ0v) is 29.4. The molecule has 45 heavy (non-hydrogen) atoms. The highest BCUT2D eigenvalue weighted by Gasteiger charge is 2.59. The number of ether oxygens (including phenoxy) is 5. The maximum Gasteiger partial charge on any atom is 0.339 e. The molecule has 0 saturated carbocycles. The van der Waals surface area contributed by atoms with Crippen molar-refractivity contribution in [2.45, 2.75) is 120 Å². The Labute approximate surface area is 268 Å². The van der Waals surface area contributed by atoms with Crippen LogP contribution in [0.25, 0.3) is 0 Å². The van der Waals surface area contributed by atoms with E-state index in [1.54, 1.807) is 7.11 Å². The largest absolute Gasteiger partial charge is 0.497 e. The maximum atomic E-state index is 14.2. The summed E-state index contributed by atoms with van der Waals surface area (Å²) in [6.45, 7) is 16.7. The number of methoxy groups -OCH3 is 2. The van der Waals surface area contributed by atoms with Crippen LogP contribution in [0.15, 0.2) is 24.0 Å². The van der Waals surface area contributed by atoms with Crippen LogP contribution in [0.1, 0.15) is 83.8 Å². The molecule has 1 fully saturated rings. The summed E-state index contributed by atoms with van der Waals surface area (Å²) in [5.41, 5.74) is -1.08. The van der Waals surface area contributed by atoms with Crippen molar-refractivity contribution in [2.75, 3.05) is 34.1 Å². The molecular weight excluding hydrogens is 594 g/mol. The lowest BCUT2D eigenvalue weighted by Gasteiger charge is -2.43. The summed E-state index contributed by atoms with van der Waals surface area (Å²) in [6, 6.07) is 4.05. The first-order chi connectivity index (χ1) is 21.0. The number of benzene rings is 1. The van der Waals surface area contributed by atoms with Gasteiger partial charge in [0.1, 0.15) is 5.76 Å². The lowest BCUT2D eigenvalue weighted by atomic mass is 9.77.